The molecule has 0 atom stereocenters. The fraction of sp³-hybridized carbons (Fsp3) is 0.273. The van der Waals surface area contributed by atoms with Gasteiger partial charge >= 0.3 is 0 Å². The topological polar surface area (TPSA) is 46.6 Å². The molecule has 1 aromatic rings. The third kappa shape index (κ3) is 1.89. The fourth-order valence-corrected chi connectivity index (χ4v) is 1.47. The number of hydrogen-bond donors (Lipinski definition) is 0. The van der Waals surface area contributed by atoms with E-state index in [4.69, 9.17) is 4.84 Å². The van der Waals surface area contributed by atoms with Crippen LogP contribution in [-0.4, -0.2) is 18.3 Å². The van der Waals surface area contributed by atoms with Gasteiger partial charge in [0.25, 0.3) is 5.91 Å². The van der Waals surface area contributed by atoms with Crippen molar-refractivity contribution in [1.29, 1.82) is 0 Å². The van der Waals surface area contributed by atoms with Crippen LogP contribution in [0.5, 0.6) is 0 Å². The minimum absolute atomic E-state index is 0.0245. The monoisotopic (exact) mass is 205 g/mol. The van der Waals surface area contributed by atoms with Gasteiger partial charge in [-0.3, -0.25) is 14.4 Å². The van der Waals surface area contributed by atoms with Gasteiger partial charge in [0, 0.05) is 5.56 Å². The molecular weight excluding hydrogens is 194 g/mol. The van der Waals surface area contributed by atoms with Crippen molar-refractivity contribution < 1.29 is 14.4 Å². The second-order valence-electron chi connectivity index (χ2n) is 3.38. The van der Waals surface area contributed by atoms with Gasteiger partial charge in [0.05, 0.1) is 18.7 Å². The number of benzene rings is 1. The molecular formula is C11H11NO3. The van der Waals surface area contributed by atoms with E-state index in [1.54, 1.807) is 24.3 Å². The predicted octanol–water partition coefficient (Wildman–Crippen LogP) is 1.56. The van der Waals surface area contributed by atoms with E-state index in [0.29, 0.717) is 24.3 Å². The Hall–Kier alpha value is -1.68. The molecule has 78 valence electrons. The van der Waals surface area contributed by atoms with Crippen LogP contribution in [-0.2, 0) is 9.63 Å². The number of carbonyl (C=O) groups is 2. The highest BCUT2D eigenvalue weighted by molar-refractivity contribution is 5.97. The van der Waals surface area contributed by atoms with Crippen molar-refractivity contribution in [2.24, 2.45) is 0 Å². The third-order valence-electron chi connectivity index (χ3n) is 2.25. The van der Waals surface area contributed by atoms with Crippen LogP contribution in [0.3, 0.4) is 0 Å². The summed E-state index contributed by atoms with van der Waals surface area (Å²) in [5.41, 5.74) is 1.20. The van der Waals surface area contributed by atoms with Crippen molar-refractivity contribution >= 4 is 17.4 Å². The summed E-state index contributed by atoms with van der Waals surface area (Å²) < 4.78 is 0. The highest BCUT2D eigenvalue weighted by Crippen LogP contribution is 2.21. The Morgan fingerprint density at radius 3 is 2.87 bits per heavy atom. The first-order valence-corrected chi connectivity index (χ1v) is 4.75. The number of hydroxylamine groups is 1. The average molecular weight is 205 g/mol. The Bertz CT molecular complexity index is 414. The number of ketones is 1. The zero-order valence-corrected chi connectivity index (χ0v) is 8.40. The van der Waals surface area contributed by atoms with Crippen LogP contribution in [0, 0.1) is 0 Å². The molecule has 2 rings (SSSR count). The summed E-state index contributed by atoms with van der Waals surface area (Å²) in [6.45, 7) is 1.90. The van der Waals surface area contributed by atoms with Crippen LogP contribution in [0.4, 0.5) is 5.69 Å². The molecule has 0 bridgehead atoms. The largest absolute Gasteiger partial charge is 0.295 e. The van der Waals surface area contributed by atoms with E-state index in [9.17, 15) is 9.59 Å². The minimum atomic E-state index is -0.0734. The molecule has 1 aliphatic heterocycles. The zero-order valence-electron chi connectivity index (χ0n) is 8.40. The molecule has 0 aliphatic carbocycles. The molecule has 0 saturated carbocycles. The quantitative estimate of drug-likeness (QED) is 0.688. The maximum atomic E-state index is 11.4. The highest BCUT2D eigenvalue weighted by atomic mass is 16.7. The van der Waals surface area contributed by atoms with Crippen LogP contribution in [0.2, 0.25) is 0 Å². The highest BCUT2D eigenvalue weighted by Gasteiger charge is 2.23. The van der Waals surface area contributed by atoms with E-state index >= 15 is 0 Å². The fourth-order valence-electron chi connectivity index (χ4n) is 1.47. The standard InChI is InChI=1S/C11H11NO3/c1-8(13)9-3-2-4-10(7-9)12-11(14)5-6-15-12/h2-4,7H,5-6H2,1H3. The molecule has 1 aliphatic rings. The average Bonchev–Trinajstić information content (AvgIpc) is 2.64. The summed E-state index contributed by atoms with van der Waals surface area (Å²) >= 11 is 0. The Morgan fingerprint density at radius 2 is 2.27 bits per heavy atom. The van der Waals surface area contributed by atoms with Crippen molar-refractivity contribution in [1.82, 2.24) is 0 Å². The molecule has 1 saturated heterocycles. The molecule has 1 fully saturated rings. The van der Waals surface area contributed by atoms with Crippen LogP contribution in [0.25, 0.3) is 0 Å². The molecule has 4 heteroatoms. The van der Waals surface area contributed by atoms with Crippen LogP contribution >= 0.6 is 0 Å². The smallest absolute Gasteiger partial charge is 0.253 e. The van der Waals surface area contributed by atoms with E-state index in [-0.39, 0.29) is 11.7 Å². The SMILES string of the molecule is CC(=O)c1cccc(N2OCCC2=O)c1. The third-order valence-corrected chi connectivity index (χ3v) is 2.25. The maximum absolute atomic E-state index is 11.4. The van der Waals surface area contributed by atoms with Crippen LogP contribution in [0.1, 0.15) is 23.7 Å². The van der Waals surface area contributed by atoms with Gasteiger partial charge in [-0.15, -0.1) is 0 Å². The van der Waals surface area contributed by atoms with Gasteiger partial charge in [-0.05, 0) is 19.1 Å². The first-order valence-electron chi connectivity index (χ1n) is 4.75. The second-order valence-corrected chi connectivity index (χ2v) is 3.38. The number of amides is 1. The Labute approximate surface area is 87.4 Å². The van der Waals surface area contributed by atoms with Crippen LogP contribution in [0.15, 0.2) is 24.3 Å². The molecule has 0 N–H and O–H groups in total. The van der Waals surface area contributed by atoms with Gasteiger partial charge < -0.3 is 0 Å². The molecule has 1 amide bonds. The van der Waals surface area contributed by atoms with Crippen molar-refractivity contribution in [3.8, 4) is 0 Å². The minimum Gasteiger partial charge on any atom is -0.295 e. The number of anilines is 1. The van der Waals surface area contributed by atoms with E-state index < -0.39 is 0 Å². The number of nitrogens with zero attached hydrogens (tertiary/aromatic N) is 1. The first kappa shape index (κ1) is 9.86. The van der Waals surface area contributed by atoms with Gasteiger partial charge in [0.15, 0.2) is 5.78 Å². The first-order chi connectivity index (χ1) is 7.18. The molecule has 4 nitrogen and oxygen atoms in total. The van der Waals surface area contributed by atoms with Crippen molar-refractivity contribution in [2.45, 2.75) is 13.3 Å². The molecule has 0 radical (unpaired) electrons. The van der Waals surface area contributed by atoms with Gasteiger partial charge in [-0.2, -0.15) is 5.06 Å². The number of hydrogen-bond acceptors (Lipinski definition) is 3. The lowest BCUT2D eigenvalue weighted by Gasteiger charge is -2.14. The lowest BCUT2D eigenvalue weighted by atomic mass is 10.1. The lowest BCUT2D eigenvalue weighted by Crippen LogP contribution is -2.22. The Morgan fingerprint density at radius 1 is 1.47 bits per heavy atom. The van der Waals surface area contributed by atoms with E-state index in [0.717, 1.165) is 0 Å². The summed E-state index contributed by atoms with van der Waals surface area (Å²) in [6.07, 6.45) is 0.393. The zero-order chi connectivity index (χ0) is 10.8. The molecule has 1 heterocycles. The predicted molar refractivity (Wildman–Crippen MR) is 54.5 cm³/mol. The van der Waals surface area contributed by atoms with Crippen LogP contribution < -0.4 is 5.06 Å². The van der Waals surface area contributed by atoms with E-state index in [2.05, 4.69) is 0 Å². The van der Waals surface area contributed by atoms with Gasteiger partial charge in [-0.25, -0.2) is 0 Å². The van der Waals surface area contributed by atoms with E-state index in [1.807, 2.05) is 0 Å². The summed E-state index contributed by atoms with van der Waals surface area (Å²) in [7, 11) is 0. The molecule has 15 heavy (non-hydrogen) atoms. The Kier molecular flexibility index (Phi) is 2.51. The number of Topliss-reactive ketones (excluding diaryl/α,β-unsaturated/α-hetero) is 1. The van der Waals surface area contributed by atoms with Gasteiger partial charge in [0.2, 0.25) is 0 Å². The molecule has 0 aromatic heterocycles. The van der Waals surface area contributed by atoms with Crippen molar-refractivity contribution in [3.05, 3.63) is 29.8 Å². The molecule has 0 spiro atoms. The number of carbonyl (C=O) groups excluding carboxylic acids is 2. The van der Waals surface area contributed by atoms with Crippen molar-refractivity contribution in [2.75, 3.05) is 11.7 Å². The van der Waals surface area contributed by atoms with Gasteiger partial charge in [-0.1, -0.05) is 12.1 Å². The molecule has 0 unspecified atom stereocenters. The second kappa shape index (κ2) is 3.82. The lowest BCUT2D eigenvalue weighted by molar-refractivity contribution is -0.119. The summed E-state index contributed by atoms with van der Waals surface area (Å²) in [5, 5.41) is 1.24. The number of rotatable bonds is 2. The summed E-state index contributed by atoms with van der Waals surface area (Å²) in [6, 6.07) is 6.86. The van der Waals surface area contributed by atoms with E-state index in [1.165, 1.54) is 12.0 Å². The molecule has 1 aromatic carbocycles. The van der Waals surface area contributed by atoms with Gasteiger partial charge in [0.1, 0.15) is 0 Å². The summed E-state index contributed by atoms with van der Waals surface area (Å²) in [5.74, 6) is -0.0980. The Balaban J connectivity index is 2.32. The summed E-state index contributed by atoms with van der Waals surface area (Å²) in [4.78, 5) is 27.7. The normalized spacial score (nSPS) is 15.8. The van der Waals surface area contributed by atoms with Crippen molar-refractivity contribution in [3.63, 3.8) is 0 Å². The maximum Gasteiger partial charge on any atom is 0.253 e.